The summed E-state index contributed by atoms with van der Waals surface area (Å²) in [6.45, 7) is 8.44. The van der Waals surface area contributed by atoms with Crippen LogP contribution in [0.4, 0.5) is 4.79 Å². The Kier molecular flexibility index (Phi) is 5.21. The maximum Gasteiger partial charge on any atom is 0.407 e. The second-order valence-corrected chi connectivity index (χ2v) is 5.28. The van der Waals surface area contributed by atoms with Crippen molar-refractivity contribution in [3.8, 4) is 0 Å². The number of hydrogen-bond acceptors (Lipinski definition) is 3. The lowest BCUT2D eigenvalue weighted by molar-refractivity contribution is 0.115. The molecule has 0 aromatic heterocycles. The van der Waals surface area contributed by atoms with Crippen LogP contribution < -0.4 is 5.32 Å². The average Bonchev–Trinajstić information content (AvgIpc) is 2.00. The van der Waals surface area contributed by atoms with E-state index < -0.39 is 0 Å². The Morgan fingerprint density at radius 1 is 1.54 bits per heavy atom. The molecular weight excluding hydrogens is 186 g/mol. The van der Waals surface area contributed by atoms with Crippen molar-refractivity contribution < 1.29 is 9.53 Å². The molecule has 78 valence electrons. The average molecular weight is 205 g/mol. The zero-order valence-corrected chi connectivity index (χ0v) is 9.83. The van der Waals surface area contributed by atoms with Crippen LogP contribution >= 0.6 is 11.8 Å². The Labute approximate surface area is 84.6 Å². The summed E-state index contributed by atoms with van der Waals surface area (Å²) in [6.07, 6.45) is 1.63. The van der Waals surface area contributed by atoms with Crippen molar-refractivity contribution in [2.45, 2.75) is 38.5 Å². The molecule has 0 rings (SSSR count). The van der Waals surface area contributed by atoms with E-state index in [0.29, 0.717) is 6.54 Å². The van der Waals surface area contributed by atoms with Crippen molar-refractivity contribution in [3.63, 3.8) is 0 Å². The molecule has 0 heterocycles. The van der Waals surface area contributed by atoms with E-state index in [1.165, 1.54) is 0 Å². The summed E-state index contributed by atoms with van der Waals surface area (Å²) in [6, 6.07) is 0. The van der Waals surface area contributed by atoms with Crippen LogP contribution in [0.5, 0.6) is 0 Å². The normalized spacial score (nSPS) is 11.5. The van der Waals surface area contributed by atoms with Crippen LogP contribution in [0.1, 0.15) is 27.7 Å². The zero-order valence-electron chi connectivity index (χ0n) is 9.01. The molecule has 1 amide bonds. The van der Waals surface area contributed by atoms with Gasteiger partial charge < -0.3 is 10.1 Å². The first-order valence-electron chi connectivity index (χ1n) is 4.37. The standard InChI is InChI=1S/C9H19NO2S/c1-7(2)12-8(11)10-6-9(3,4)13-5/h7H,6H2,1-5H3,(H,10,11). The van der Waals surface area contributed by atoms with E-state index in [2.05, 4.69) is 19.2 Å². The molecule has 0 saturated carbocycles. The lowest BCUT2D eigenvalue weighted by atomic mass is 10.2. The van der Waals surface area contributed by atoms with Crippen molar-refractivity contribution in [1.82, 2.24) is 5.32 Å². The van der Waals surface area contributed by atoms with Gasteiger partial charge in [-0.15, -0.1) is 0 Å². The highest BCUT2D eigenvalue weighted by Crippen LogP contribution is 2.19. The molecule has 0 aromatic rings. The summed E-state index contributed by atoms with van der Waals surface area (Å²) in [7, 11) is 0. The van der Waals surface area contributed by atoms with E-state index >= 15 is 0 Å². The Bertz CT molecular complexity index is 169. The molecule has 3 nitrogen and oxygen atoms in total. The minimum Gasteiger partial charge on any atom is -0.447 e. The summed E-state index contributed by atoms with van der Waals surface area (Å²) >= 11 is 1.72. The van der Waals surface area contributed by atoms with Crippen LogP contribution in [-0.2, 0) is 4.74 Å². The topological polar surface area (TPSA) is 38.3 Å². The molecule has 0 fully saturated rings. The van der Waals surface area contributed by atoms with E-state index in [1.54, 1.807) is 11.8 Å². The van der Waals surface area contributed by atoms with Crippen LogP contribution in [0.15, 0.2) is 0 Å². The van der Waals surface area contributed by atoms with E-state index in [0.717, 1.165) is 0 Å². The molecule has 0 aliphatic rings. The van der Waals surface area contributed by atoms with Gasteiger partial charge >= 0.3 is 6.09 Å². The number of carbonyl (C=O) groups excluding carboxylic acids is 1. The van der Waals surface area contributed by atoms with E-state index in [1.807, 2.05) is 20.1 Å². The molecule has 0 unspecified atom stereocenters. The van der Waals surface area contributed by atoms with Gasteiger partial charge in [0.1, 0.15) is 0 Å². The van der Waals surface area contributed by atoms with Crippen molar-refractivity contribution >= 4 is 17.9 Å². The van der Waals surface area contributed by atoms with Gasteiger partial charge in [0.05, 0.1) is 6.10 Å². The van der Waals surface area contributed by atoms with Gasteiger partial charge in [-0.05, 0) is 34.0 Å². The summed E-state index contributed by atoms with van der Waals surface area (Å²) < 4.78 is 5.00. The SMILES string of the molecule is CSC(C)(C)CNC(=O)OC(C)C. The smallest absolute Gasteiger partial charge is 0.407 e. The Morgan fingerprint density at radius 3 is 2.46 bits per heavy atom. The number of amides is 1. The largest absolute Gasteiger partial charge is 0.447 e. The van der Waals surface area contributed by atoms with E-state index in [4.69, 9.17) is 4.74 Å². The molecule has 0 atom stereocenters. The molecule has 13 heavy (non-hydrogen) atoms. The molecule has 0 aliphatic heterocycles. The molecule has 0 bridgehead atoms. The molecule has 0 radical (unpaired) electrons. The minimum absolute atomic E-state index is 0.0580. The van der Waals surface area contributed by atoms with Gasteiger partial charge in [0, 0.05) is 11.3 Å². The van der Waals surface area contributed by atoms with Crippen LogP contribution in [0, 0.1) is 0 Å². The number of rotatable bonds is 4. The van der Waals surface area contributed by atoms with Crippen LogP contribution in [0.3, 0.4) is 0 Å². The molecular formula is C9H19NO2S. The number of ether oxygens (including phenoxy) is 1. The van der Waals surface area contributed by atoms with E-state index in [9.17, 15) is 4.79 Å². The van der Waals surface area contributed by atoms with Crippen LogP contribution in [0.2, 0.25) is 0 Å². The zero-order chi connectivity index (χ0) is 10.5. The number of thioether (sulfide) groups is 1. The number of hydrogen-bond donors (Lipinski definition) is 1. The highest BCUT2D eigenvalue weighted by molar-refractivity contribution is 7.99. The van der Waals surface area contributed by atoms with Crippen molar-refractivity contribution in [1.29, 1.82) is 0 Å². The molecule has 0 aromatic carbocycles. The van der Waals surface area contributed by atoms with Gasteiger partial charge in [-0.1, -0.05) is 0 Å². The fourth-order valence-electron chi connectivity index (χ4n) is 0.613. The van der Waals surface area contributed by atoms with Crippen LogP contribution in [0.25, 0.3) is 0 Å². The maximum absolute atomic E-state index is 11.1. The quantitative estimate of drug-likeness (QED) is 0.765. The maximum atomic E-state index is 11.1. The minimum atomic E-state index is -0.336. The fraction of sp³-hybridized carbons (Fsp3) is 0.889. The number of alkyl carbamates (subject to hydrolysis) is 1. The summed E-state index contributed by atoms with van der Waals surface area (Å²) in [4.78, 5) is 11.1. The van der Waals surface area contributed by atoms with Gasteiger partial charge in [-0.2, -0.15) is 11.8 Å². The first-order valence-corrected chi connectivity index (χ1v) is 5.59. The first-order chi connectivity index (χ1) is 5.87. The fourth-order valence-corrected chi connectivity index (χ4v) is 0.829. The lowest BCUT2D eigenvalue weighted by Gasteiger charge is -2.22. The second kappa shape index (κ2) is 5.37. The number of nitrogens with one attached hydrogen (secondary N) is 1. The van der Waals surface area contributed by atoms with Gasteiger partial charge in [-0.3, -0.25) is 0 Å². The highest BCUT2D eigenvalue weighted by atomic mass is 32.2. The molecule has 0 saturated heterocycles. The summed E-state index contributed by atoms with van der Waals surface area (Å²) in [5.41, 5.74) is 0. The first kappa shape index (κ1) is 12.6. The molecule has 0 spiro atoms. The molecule has 0 aliphatic carbocycles. The summed E-state index contributed by atoms with van der Waals surface area (Å²) in [5.74, 6) is 0. The molecule has 4 heteroatoms. The van der Waals surface area contributed by atoms with Crippen molar-refractivity contribution in [3.05, 3.63) is 0 Å². The van der Waals surface area contributed by atoms with E-state index in [-0.39, 0.29) is 16.9 Å². The van der Waals surface area contributed by atoms with Gasteiger partial charge in [-0.25, -0.2) is 4.79 Å². The van der Waals surface area contributed by atoms with Crippen molar-refractivity contribution in [2.24, 2.45) is 0 Å². The highest BCUT2D eigenvalue weighted by Gasteiger charge is 2.17. The van der Waals surface area contributed by atoms with Gasteiger partial charge in [0.2, 0.25) is 0 Å². The Hall–Kier alpha value is -0.380. The third kappa shape index (κ3) is 6.75. The van der Waals surface area contributed by atoms with Crippen LogP contribution in [-0.4, -0.2) is 29.7 Å². The van der Waals surface area contributed by atoms with Crippen molar-refractivity contribution in [2.75, 3.05) is 12.8 Å². The lowest BCUT2D eigenvalue weighted by Crippen LogP contribution is -2.37. The predicted octanol–water partition coefficient (Wildman–Crippen LogP) is 2.26. The molecule has 1 N–H and O–H groups in total. The third-order valence-corrected chi connectivity index (χ3v) is 2.80. The predicted molar refractivity (Wildman–Crippen MR) is 57.2 cm³/mol. The van der Waals surface area contributed by atoms with Gasteiger partial charge in [0.15, 0.2) is 0 Å². The number of carbonyl (C=O) groups is 1. The third-order valence-electron chi connectivity index (χ3n) is 1.55. The monoisotopic (exact) mass is 205 g/mol. The Balaban J connectivity index is 3.70. The Morgan fingerprint density at radius 2 is 2.08 bits per heavy atom. The summed E-state index contributed by atoms with van der Waals surface area (Å²) in [5, 5.41) is 2.72. The second-order valence-electron chi connectivity index (χ2n) is 3.77. The van der Waals surface area contributed by atoms with Gasteiger partial charge in [0.25, 0.3) is 0 Å².